The molecule has 226 valence electrons. The number of Topliss-reactive ketones (excluding diaryl/α,β-unsaturated/α-hetero) is 1. The molecule has 2 aromatic carbocycles. The molecule has 43 heavy (non-hydrogen) atoms. The Hall–Kier alpha value is -3.52. The summed E-state index contributed by atoms with van der Waals surface area (Å²) in [6, 6.07) is 15.6. The number of carboxylic acid groups (broad SMARTS) is 1. The highest BCUT2D eigenvalue weighted by molar-refractivity contribution is 7.20. The van der Waals surface area contributed by atoms with Crippen LogP contribution in [0.1, 0.15) is 68.9 Å². The van der Waals surface area contributed by atoms with E-state index in [4.69, 9.17) is 4.74 Å². The predicted octanol–water partition coefficient (Wildman–Crippen LogP) is 6.77. The van der Waals surface area contributed by atoms with E-state index in [9.17, 15) is 19.5 Å². The first kappa shape index (κ1) is 29.5. The summed E-state index contributed by atoms with van der Waals surface area (Å²) in [5.41, 5.74) is 2.13. The molecule has 3 aromatic rings. The van der Waals surface area contributed by atoms with Crippen LogP contribution in [0, 0.1) is 24.2 Å². The number of amides is 1. The van der Waals surface area contributed by atoms with Crippen LogP contribution in [0.15, 0.2) is 60.7 Å². The van der Waals surface area contributed by atoms with Gasteiger partial charge in [-0.25, -0.2) is 4.98 Å². The van der Waals surface area contributed by atoms with Crippen LogP contribution in [0.2, 0.25) is 0 Å². The minimum absolute atomic E-state index is 0.00924. The molecule has 1 saturated heterocycles. The van der Waals surface area contributed by atoms with Crippen molar-refractivity contribution in [1.29, 1.82) is 0 Å². The molecule has 0 unspecified atom stereocenters. The van der Waals surface area contributed by atoms with Crippen LogP contribution in [-0.2, 0) is 20.8 Å². The molecule has 6 rings (SSSR count). The quantitative estimate of drug-likeness (QED) is 0.314. The monoisotopic (exact) mass is 600 g/mol. The molecule has 2 fully saturated rings. The highest BCUT2D eigenvalue weighted by Crippen LogP contribution is 2.57. The molecule has 1 amide bonds. The van der Waals surface area contributed by atoms with Gasteiger partial charge in [-0.15, -0.1) is 0 Å². The molecule has 0 bridgehead atoms. The summed E-state index contributed by atoms with van der Waals surface area (Å²) in [6.07, 6.45) is 10.6. The Morgan fingerprint density at radius 2 is 1.98 bits per heavy atom. The number of hydrogen-bond acceptors (Lipinski definition) is 6. The lowest BCUT2D eigenvalue weighted by atomic mass is 9.90. The zero-order valence-electron chi connectivity index (χ0n) is 24.7. The van der Waals surface area contributed by atoms with Crippen LogP contribution < -0.4 is 4.74 Å². The average Bonchev–Trinajstić information content (AvgIpc) is 3.31. The first-order valence-electron chi connectivity index (χ1n) is 15.6. The summed E-state index contributed by atoms with van der Waals surface area (Å²) in [5.74, 6) is -1.45. The van der Waals surface area contributed by atoms with Gasteiger partial charge in [0.1, 0.15) is 6.10 Å². The summed E-state index contributed by atoms with van der Waals surface area (Å²) in [6.45, 7) is 2.34. The fraction of sp³-hybridized carbons (Fsp3) is 0.486. The van der Waals surface area contributed by atoms with E-state index in [1.54, 1.807) is 4.90 Å². The molecule has 3 heterocycles. The van der Waals surface area contributed by atoms with Gasteiger partial charge in [-0.3, -0.25) is 14.4 Å². The first-order chi connectivity index (χ1) is 20.8. The van der Waals surface area contributed by atoms with Crippen LogP contribution in [0.3, 0.4) is 0 Å². The second-order valence-electron chi connectivity index (χ2n) is 12.6. The molecule has 8 heteroatoms. The van der Waals surface area contributed by atoms with Gasteiger partial charge in [-0.1, -0.05) is 72.7 Å². The van der Waals surface area contributed by atoms with E-state index in [1.165, 1.54) is 16.9 Å². The number of aliphatic carboxylic acids is 1. The van der Waals surface area contributed by atoms with Crippen LogP contribution >= 0.6 is 11.3 Å². The summed E-state index contributed by atoms with van der Waals surface area (Å²) >= 11 is 1.47. The molecule has 1 N–H and O–H groups in total. The van der Waals surface area contributed by atoms with E-state index in [0.29, 0.717) is 31.0 Å². The van der Waals surface area contributed by atoms with Crippen LogP contribution in [0.4, 0.5) is 0 Å². The third kappa shape index (κ3) is 6.54. The van der Waals surface area contributed by atoms with Crippen LogP contribution in [-0.4, -0.2) is 51.3 Å². The zero-order chi connectivity index (χ0) is 30.0. The molecular weight excluding hydrogens is 560 g/mol. The summed E-state index contributed by atoms with van der Waals surface area (Å²) in [4.78, 5) is 47.0. The van der Waals surface area contributed by atoms with Crippen molar-refractivity contribution in [3.05, 3.63) is 71.8 Å². The number of nitrogens with zero attached hydrogens (tertiary/aromatic N) is 2. The van der Waals surface area contributed by atoms with Gasteiger partial charge in [0.05, 0.1) is 28.2 Å². The van der Waals surface area contributed by atoms with Crippen molar-refractivity contribution in [3.63, 3.8) is 0 Å². The highest BCUT2D eigenvalue weighted by atomic mass is 32.1. The second-order valence-corrected chi connectivity index (χ2v) is 13.6. The van der Waals surface area contributed by atoms with Gasteiger partial charge < -0.3 is 14.7 Å². The van der Waals surface area contributed by atoms with E-state index < -0.39 is 17.4 Å². The van der Waals surface area contributed by atoms with Gasteiger partial charge in [0.2, 0.25) is 5.91 Å². The number of carbonyl (C=O) groups excluding carboxylic acids is 2. The van der Waals surface area contributed by atoms with Gasteiger partial charge in [0, 0.05) is 18.8 Å². The van der Waals surface area contributed by atoms with Gasteiger partial charge in [0.15, 0.2) is 5.78 Å². The Morgan fingerprint density at radius 1 is 1.14 bits per heavy atom. The topological polar surface area (TPSA) is 96.8 Å². The number of aryl methyl sites for hydroxylation is 2. The van der Waals surface area contributed by atoms with Crippen molar-refractivity contribution >= 4 is 39.2 Å². The van der Waals surface area contributed by atoms with E-state index in [0.717, 1.165) is 54.3 Å². The van der Waals surface area contributed by atoms with Gasteiger partial charge in [0.25, 0.3) is 5.19 Å². The lowest BCUT2D eigenvalue weighted by Crippen LogP contribution is -2.45. The van der Waals surface area contributed by atoms with Crippen molar-refractivity contribution in [2.45, 2.75) is 83.3 Å². The third-order valence-corrected chi connectivity index (χ3v) is 10.4. The Labute approximate surface area is 257 Å². The number of fused-ring (bicyclic) bond motifs is 3. The van der Waals surface area contributed by atoms with Crippen LogP contribution in [0.25, 0.3) is 10.2 Å². The Balaban J connectivity index is 1.26. The number of rotatable bonds is 6. The number of allylic oxidation sites excluding steroid dienone is 2. The molecule has 7 nitrogen and oxygen atoms in total. The summed E-state index contributed by atoms with van der Waals surface area (Å²) in [5, 5.41) is 10.7. The van der Waals surface area contributed by atoms with E-state index in [1.807, 2.05) is 43.3 Å². The number of benzene rings is 2. The van der Waals surface area contributed by atoms with Crippen molar-refractivity contribution in [1.82, 2.24) is 9.88 Å². The standard InChI is InChI=1S/C35H40N2O5S/c1-23-14-17-28-31(18-23)43-34(36-28)42-27-19-29-30(38)21-35(33(40)41)20-26(35)13-9-4-2-3-8-12-25(32(39)37(29)22-27)16-15-24-10-6-5-7-11-24/h5-7,9-11,13-14,17-18,25-27,29H,2-4,8,12,15-16,19-22H2,1H3,(H,40,41)/b13-9-/t25-,26+,27-,29+,35-/m1/s1. The number of carbonyl (C=O) groups is 3. The van der Waals surface area contributed by atoms with E-state index in [2.05, 4.69) is 29.3 Å². The number of ether oxygens (including phenoxy) is 1. The fourth-order valence-corrected chi connectivity index (χ4v) is 7.86. The van der Waals surface area contributed by atoms with E-state index >= 15 is 0 Å². The number of aromatic nitrogens is 1. The maximum Gasteiger partial charge on any atom is 0.310 e. The maximum atomic E-state index is 14.3. The van der Waals surface area contributed by atoms with Gasteiger partial charge in [-0.2, -0.15) is 0 Å². The average molecular weight is 601 g/mol. The number of hydrogen-bond donors (Lipinski definition) is 1. The normalized spacial score (nSPS) is 28.9. The molecule has 1 saturated carbocycles. The Kier molecular flexibility index (Phi) is 8.66. The summed E-state index contributed by atoms with van der Waals surface area (Å²) in [7, 11) is 0. The first-order valence-corrected chi connectivity index (χ1v) is 16.4. The molecule has 1 aliphatic carbocycles. The SMILES string of the molecule is Cc1ccc2nc(O[C@@H]3C[C@H]4C(=O)C[C@]5(C(=O)O)C[C@@H]5/C=C\CCCCC[C@H](CCc5ccccc5)C(=O)N4C3)sc2c1. The van der Waals surface area contributed by atoms with Gasteiger partial charge >= 0.3 is 5.97 Å². The second kappa shape index (κ2) is 12.6. The summed E-state index contributed by atoms with van der Waals surface area (Å²) < 4.78 is 7.38. The smallest absolute Gasteiger partial charge is 0.310 e. The Morgan fingerprint density at radius 3 is 2.79 bits per heavy atom. The third-order valence-electron chi connectivity index (χ3n) is 9.52. The lowest BCUT2D eigenvalue weighted by Gasteiger charge is -2.29. The molecule has 2 aliphatic heterocycles. The molecule has 0 radical (unpaired) electrons. The predicted molar refractivity (Wildman–Crippen MR) is 167 cm³/mol. The van der Waals surface area contributed by atoms with E-state index in [-0.39, 0.29) is 36.1 Å². The zero-order valence-corrected chi connectivity index (χ0v) is 25.6. The van der Waals surface area contributed by atoms with Crippen molar-refractivity contribution in [2.75, 3.05) is 6.54 Å². The molecular formula is C35H40N2O5S. The molecule has 3 aliphatic rings. The van der Waals surface area contributed by atoms with Crippen molar-refractivity contribution in [2.24, 2.45) is 17.3 Å². The van der Waals surface area contributed by atoms with Gasteiger partial charge in [-0.05, 0) is 74.6 Å². The largest absolute Gasteiger partial charge is 0.481 e. The van der Waals surface area contributed by atoms with Crippen molar-refractivity contribution < 1.29 is 24.2 Å². The number of ketones is 1. The van der Waals surface area contributed by atoms with Crippen LogP contribution in [0.5, 0.6) is 5.19 Å². The minimum atomic E-state index is -1.07. The number of thiazole rings is 1. The molecule has 5 atom stereocenters. The minimum Gasteiger partial charge on any atom is -0.481 e. The molecule has 1 aromatic heterocycles. The highest BCUT2D eigenvalue weighted by Gasteiger charge is 2.61. The van der Waals surface area contributed by atoms with Crippen molar-refractivity contribution in [3.8, 4) is 5.19 Å². The fourth-order valence-electron chi connectivity index (χ4n) is 6.88. The maximum absolute atomic E-state index is 14.3. The Bertz CT molecular complexity index is 1520. The number of carboxylic acids is 1. The lowest BCUT2D eigenvalue weighted by molar-refractivity contribution is -0.147. The molecule has 0 spiro atoms.